The molecule has 0 N–H and O–H groups in total. The van der Waals surface area contributed by atoms with Crippen molar-refractivity contribution in [1.29, 1.82) is 10.5 Å². The minimum Gasteiger partial charge on any atom is -0.309 e. The second-order valence-corrected chi connectivity index (χ2v) is 14.9. The van der Waals surface area contributed by atoms with Crippen LogP contribution in [0, 0.1) is 22.7 Å². The molecule has 50 heavy (non-hydrogen) atoms. The third-order valence-corrected chi connectivity index (χ3v) is 12.4. The highest BCUT2D eigenvalue weighted by Gasteiger charge is 2.22. The monoisotopic (exact) mass is 670 g/mol. The number of fused-ring (bicyclic) bond motifs is 12. The van der Waals surface area contributed by atoms with Crippen LogP contribution in [0.4, 0.5) is 0 Å². The number of benzene rings is 7. The Bertz CT molecular complexity index is 3360. The smallest absolute Gasteiger partial charge is 0.103 e. The molecular formula is C44H22N4S2. The van der Waals surface area contributed by atoms with Crippen LogP contribution in [0.1, 0.15) is 11.1 Å². The largest absolute Gasteiger partial charge is 0.309 e. The zero-order valence-electron chi connectivity index (χ0n) is 26.3. The molecule has 4 heterocycles. The van der Waals surface area contributed by atoms with Crippen molar-refractivity contribution in [3.8, 4) is 23.5 Å². The Morgan fingerprint density at radius 2 is 0.900 bits per heavy atom. The first kappa shape index (κ1) is 27.5. The molecule has 7 aromatic carbocycles. The first-order valence-electron chi connectivity index (χ1n) is 16.4. The number of nitrogens with zero attached hydrogens (tertiary/aromatic N) is 4. The molecule has 0 radical (unpaired) electrons. The minimum atomic E-state index is 0.350. The van der Waals surface area contributed by atoms with Gasteiger partial charge in [0, 0.05) is 67.6 Å². The zero-order valence-corrected chi connectivity index (χ0v) is 27.9. The van der Waals surface area contributed by atoms with Crippen LogP contribution >= 0.6 is 22.7 Å². The maximum absolute atomic E-state index is 10.7. The Morgan fingerprint density at radius 3 is 1.46 bits per heavy atom. The number of thiophene rings is 2. The molecule has 6 heteroatoms. The van der Waals surface area contributed by atoms with E-state index in [1.807, 2.05) is 12.1 Å². The van der Waals surface area contributed by atoms with E-state index in [1.54, 1.807) is 22.7 Å². The highest BCUT2D eigenvalue weighted by molar-refractivity contribution is 7.26. The Kier molecular flexibility index (Phi) is 5.52. The average molecular weight is 671 g/mol. The molecule has 11 aromatic rings. The van der Waals surface area contributed by atoms with Gasteiger partial charge in [-0.25, -0.2) is 0 Å². The number of hydrogen-bond acceptors (Lipinski definition) is 4. The molecular weight excluding hydrogens is 649 g/mol. The number of nitriles is 2. The number of rotatable bonds is 2. The quantitative estimate of drug-likeness (QED) is 0.184. The number of aromatic nitrogens is 2. The zero-order chi connectivity index (χ0) is 33.1. The summed E-state index contributed by atoms with van der Waals surface area (Å²) in [5, 5.41) is 30.8. The van der Waals surface area contributed by atoms with Gasteiger partial charge in [-0.15, -0.1) is 22.7 Å². The molecule has 0 spiro atoms. The number of para-hydroxylation sites is 2. The van der Waals surface area contributed by atoms with Gasteiger partial charge in [-0.05, 0) is 60.7 Å². The highest BCUT2D eigenvalue weighted by Crippen LogP contribution is 2.43. The van der Waals surface area contributed by atoms with Gasteiger partial charge in [0.15, 0.2) is 0 Å². The van der Waals surface area contributed by atoms with Crippen molar-refractivity contribution in [2.75, 3.05) is 0 Å². The maximum Gasteiger partial charge on any atom is 0.103 e. The summed E-state index contributed by atoms with van der Waals surface area (Å²) in [5.74, 6) is 0. The van der Waals surface area contributed by atoms with Gasteiger partial charge < -0.3 is 9.13 Å². The highest BCUT2D eigenvalue weighted by atomic mass is 32.1. The van der Waals surface area contributed by atoms with E-state index in [-0.39, 0.29) is 0 Å². The SMILES string of the molecule is N#Cc1cc(-n2c3ccccc3c3cc4c(cc32)sc2ccccc24)cc(-n2c3ccccc3c3cc4c(cc32)sc2ccccc24)c1C#N. The van der Waals surface area contributed by atoms with Gasteiger partial charge in [0.05, 0.1) is 38.9 Å². The summed E-state index contributed by atoms with van der Waals surface area (Å²) in [4.78, 5) is 0. The van der Waals surface area contributed by atoms with Gasteiger partial charge in [-0.1, -0.05) is 72.8 Å². The summed E-state index contributed by atoms with van der Waals surface area (Å²) >= 11 is 3.58. The van der Waals surface area contributed by atoms with Gasteiger partial charge in [0.25, 0.3) is 0 Å². The van der Waals surface area contributed by atoms with Crippen LogP contribution < -0.4 is 0 Å². The Balaban J connectivity index is 1.27. The van der Waals surface area contributed by atoms with E-state index >= 15 is 0 Å². The van der Waals surface area contributed by atoms with Crippen LogP contribution in [-0.4, -0.2) is 9.13 Å². The molecule has 0 fully saturated rings. The van der Waals surface area contributed by atoms with Gasteiger partial charge in [-0.3, -0.25) is 0 Å². The Hall–Kier alpha value is -6.44. The molecule has 11 rings (SSSR count). The van der Waals surface area contributed by atoms with Gasteiger partial charge >= 0.3 is 0 Å². The van der Waals surface area contributed by atoms with E-state index in [1.165, 1.54) is 40.3 Å². The lowest BCUT2D eigenvalue weighted by atomic mass is 10.0. The van der Waals surface area contributed by atoms with Gasteiger partial charge in [0.1, 0.15) is 12.1 Å². The summed E-state index contributed by atoms with van der Waals surface area (Å²) < 4.78 is 9.36. The van der Waals surface area contributed by atoms with E-state index in [4.69, 9.17) is 0 Å². The van der Waals surface area contributed by atoms with Crippen LogP contribution in [0.3, 0.4) is 0 Å². The Labute approximate surface area is 293 Å². The van der Waals surface area contributed by atoms with Crippen molar-refractivity contribution < 1.29 is 0 Å². The second kappa shape index (κ2) is 10.0. The average Bonchev–Trinajstić information content (AvgIpc) is 3.89. The molecule has 0 amide bonds. The third kappa shape index (κ3) is 3.61. The van der Waals surface area contributed by atoms with Crippen molar-refractivity contribution in [3.05, 3.63) is 145 Å². The Morgan fingerprint density at radius 1 is 0.400 bits per heavy atom. The van der Waals surface area contributed by atoms with Crippen LogP contribution in [0.15, 0.2) is 133 Å². The van der Waals surface area contributed by atoms with Crippen molar-refractivity contribution in [1.82, 2.24) is 9.13 Å². The van der Waals surface area contributed by atoms with Crippen LogP contribution in [0.25, 0.3) is 95.3 Å². The molecule has 0 aliphatic carbocycles. The molecule has 4 nitrogen and oxygen atoms in total. The van der Waals surface area contributed by atoms with Crippen molar-refractivity contribution in [2.45, 2.75) is 0 Å². The summed E-state index contributed by atoms with van der Waals surface area (Å²) in [7, 11) is 0. The fourth-order valence-electron chi connectivity index (χ4n) is 8.04. The van der Waals surface area contributed by atoms with Crippen LogP contribution in [0.2, 0.25) is 0 Å². The van der Waals surface area contributed by atoms with E-state index in [0.717, 1.165) is 49.3 Å². The summed E-state index contributed by atoms with van der Waals surface area (Å²) in [6.45, 7) is 0. The summed E-state index contributed by atoms with van der Waals surface area (Å²) in [6, 6.07) is 51.9. The molecule has 0 bridgehead atoms. The van der Waals surface area contributed by atoms with Crippen molar-refractivity contribution in [3.63, 3.8) is 0 Å². The molecule has 0 unspecified atom stereocenters. The van der Waals surface area contributed by atoms with E-state index in [0.29, 0.717) is 16.8 Å². The lowest BCUT2D eigenvalue weighted by Crippen LogP contribution is -2.04. The first-order chi connectivity index (χ1) is 24.7. The predicted octanol–water partition coefficient (Wildman–Crippen LogP) is 12.4. The second-order valence-electron chi connectivity index (χ2n) is 12.7. The standard InChI is InChI=1S/C44H22N4S2/c45-23-25-17-26(47-36-13-5-1-9-27(36)31-19-33-29-11-3-7-15-41(29)49-43(33)21-39(31)47)18-38(35(25)24-46)48-37-14-6-2-10-28(37)32-20-34-30-12-4-8-16-42(30)50-44(34)22-40(32)48/h1-22H. The minimum absolute atomic E-state index is 0.350. The lowest BCUT2D eigenvalue weighted by Gasteiger charge is -2.15. The van der Waals surface area contributed by atoms with Crippen LogP contribution in [0.5, 0.6) is 0 Å². The molecule has 230 valence electrons. The predicted molar refractivity (Wildman–Crippen MR) is 210 cm³/mol. The molecule has 0 aliphatic rings. The molecule has 0 saturated heterocycles. The molecule has 0 saturated carbocycles. The normalized spacial score (nSPS) is 12.0. The van der Waals surface area contributed by atoms with Crippen molar-refractivity contribution in [2.24, 2.45) is 0 Å². The summed E-state index contributed by atoms with van der Waals surface area (Å²) in [6.07, 6.45) is 0. The van der Waals surface area contributed by atoms with E-state index < -0.39 is 0 Å². The lowest BCUT2D eigenvalue weighted by molar-refractivity contribution is 1.12. The first-order valence-corrected chi connectivity index (χ1v) is 18.0. The van der Waals surface area contributed by atoms with Gasteiger partial charge in [0.2, 0.25) is 0 Å². The van der Waals surface area contributed by atoms with Crippen molar-refractivity contribution >= 4 is 107 Å². The fourth-order valence-corrected chi connectivity index (χ4v) is 10.3. The van der Waals surface area contributed by atoms with Crippen LogP contribution in [-0.2, 0) is 0 Å². The van der Waals surface area contributed by atoms with E-state index in [2.05, 4.69) is 143 Å². The maximum atomic E-state index is 10.7. The fraction of sp³-hybridized carbons (Fsp3) is 0. The molecule has 0 atom stereocenters. The van der Waals surface area contributed by atoms with Gasteiger partial charge in [-0.2, -0.15) is 10.5 Å². The number of hydrogen-bond donors (Lipinski definition) is 0. The molecule has 4 aromatic heterocycles. The topological polar surface area (TPSA) is 57.4 Å². The van der Waals surface area contributed by atoms with E-state index in [9.17, 15) is 10.5 Å². The third-order valence-electron chi connectivity index (χ3n) is 10.2. The molecule has 0 aliphatic heterocycles. The summed E-state index contributed by atoms with van der Waals surface area (Å²) in [5.41, 5.74) is 6.38.